The van der Waals surface area contributed by atoms with Crippen molar-refractivity contribution in [1.82, 2.24) is 0 Å². The molecule has 0 aliphatic carbocycles. The predicted octanol–water partition coefficient (Wildman–Crippen LogP) is 3.28. The van der Waals surface area contributed by atoms with Gasteiger partial charge >= 0.3 is 0 Å². The van der Waals surface area contributed by atoms with Gasteiger partial charge in [0, 0.05) is 12.6 Å². The molecule has 0 aromatic heterocycles. The molecule has 1 aliphatic rings. The maximum atomic E-state index is 3.45. The van der Waals surface area contributed by atoms with Gasteiger partial charge in [-0.25, -0.2) is 0 Å². The van der Waals surface area contributed by atoms with E-state index in [0.717, 1.165) is 6.54 Å². The number of nitrogens with zero attached hydrogens (tertiary/aromatic N) is 1. The van der Waals surface area contributed by atoms with Crippen molar-refractivity contribution in [3.05, 3.63) is 29.8 Å². The largest absolute Gasteiger partial charge is 0.302 e. The number of benzene rings is 1. The van der Waals surface area contributed by atoms with Crippen LogP contribution >= 0.6 is 0 Å². The summed E-state index contributed by atoms with van der Waals surface area (Å²) >= 11 is 0. The Kier molecular flexibility index (Phi) is 3.07. The number of aryl methyl sites for hydroxylation is 1. The molecule has 0 unspecified atom stereocenters. The SMILES string of the molecule is C[Si](C)(C)C#CN1CCCc2ccccc21. The van der Waals surface area contributed by atoms with Crippen molar-refractivity contribution >= 4 is 13.8 Å². The van der Waals surface area contributed by atoms with Crippen molar-refractivity contribution in [2.24, 2.45) is 0 Å². The van der Waals surface area contributed by atoms with Gasteiger partial charge in [0.1, 0.15) is 8.07 Å². The summed E-state index contributed by atoms with van der Waals surface area (Å²) < 4.78 is 0. The first-order chi connectivity index (χ1) is 7.56. The molecule has 84 valence electrons. The summed E-state index contributed by atoms with van der Waals surface area (Å²) in [5, 5.41) is 0. The first kappa shape index (κ1) is 11.3. The smallest absolute Gasteiger partial charge is 0.131 e. The molecule has 0 bridgehead atoms. The summed E-state index contributed by atoms with van der Waals surface area (Å²) in [7, 11) is -1.27. The molecule has 0 fully saturated rings. The molecule has 0 amide bonds. The predicted molar refractivity (Wildman–Crippen MR) is 73.2 cm³/mol. The van der Waals surface area contributed by atoms with Crippen LogP contribution in [0.4, 0.5) is 5.69 Å². The van der Waals surface area contributed by atoms with E-state index in [2.05, 4.69) is 60.4 Å². The lowest BCUT2D eigenvalue weighted by molar-refractivity contribution is 0.772. The fraction of sp³-hybridized carbons (Fsp3) is 0.429. The number of anilines is 1. The lowest BCUT2D eigenvalue weighted by atomic mass is 10.0. The highest BCUT2D eigenvalue weighted by molar-refractivity contribution is 6.83. The first-order valence-electron chi connectivity index (χ1n) is 5.94. The summed E-state index contributed by atoms with van der Waals surface area (Å²) in [4.78, 5) is 2.23. The molecule has 1 nitrogen and oxygen atoms in total. The van der Waals surface area contributed by atoms with Crippen LogP contribution in [0.15, 0.2) is 24.3 Å². The zero-order chi connectivity index (χ0) is 11.6. The lowest BCUT2D eigenvalue weighted by Gasteiger charge is -2.26. The average Bonchev–Trinajstić information content (AvgIpc) is 2.25. The van der Waals surface area contributed by atoms with Crippen LogP contribution in [0, 0.1) is 11.6 Å². The Morgan fingerprint density at radius 3 is 2.69 bits per heavy atom. The number of rotatable bonds is 0. The Labute approximate surface area is 99.5 Å². The van der Waals surface area contributed by atoms with E-state index in [-0.39, 0.29) is 0 Å². The molecule has 0 atom stereocenters. The van der Waals surface area contributed by atoms with Crippen LogP contribution in [0.2, 0.25) is 19.6 Å². The third-order valence-electron chi connectivity index (χ3n) is 2.68. The van der Waals surface area contributed by atoms with Crippen molar-refractivity contribution in [3.63, 3.8) is 0 Å². The van der Waals surface area contributed by atoms with Gasteiger partial charge in [0.15, 0.2) is 0 Å². The fourth-order valence-electron chi connectivity index (χ4n) is 1.88. The third-order valence-corrected chi connectivity index (χ3v) is 3.54. The first-order valence-corrected chi connectivity index (χ1v) is 9.44. The van der Waals surface area contributed by atoms with E-state index in [1.807, 2.05) is 0 Å². The van der Waals surface area contributed by atoms with E-state index in [9.17, 15) is 0 Å². The van der Waals surface area contributed by atoms with Gasteiger partial charge in [0.2, 0.25) is 0 Å². The molecule has 0 saturated heterocycles. The van der Waals surface area contributed by atoms with E-state index in [1.165, 1.54) is 24.1 Å². The number of fused-ring (bicyclic) bond motifs is 1. The molecule has 2 rings (SSSR count). The molecule has 0 radical (unpaired) electrons. The van der Waals surface area contributed by atoms with Crippen LogP contribution in [0.25, 0.3) is 0 Å². The Hall–Kier alpha value is -1.20. The number of hydrogen-bond donors (Lipinski definition) is 0. The van der Waals surface area contributed by atoms with Gasteiger partial charge in [-0.15, -0.1) is 5.54 Å². The van der Waals surface area contributed by atoms with Crippen molar-refractivity contribution in [2.75, 3.05) is 11.4 Å². The van der Waals surface area contributed by atoms with Crippen molar-refractivity contribution in [2.45, 2.75) is 32.5 Å². The second-order valence-corrected chi connectivity index (χ2v) is 10.1. The van der Waals surface area contributed by atoms with Crippen molar-refractivity contribution in [1.29, 1.82) is 0 Å². The highest BCUT2D eigenvalue weighted by atomic mass is 28.3. The Balaban J connectivity index is 2.28. The minimum atomic E-state index is -1.27. The molecule has 1 aromatic carbocycles. The Morgan fingerprint density at radius 2 is 1.94 bits per heavy atom. The molecule has 0 spiro atoms. The van der Waals surface area contributed by atoms with E-state index in [1.54, 1.807) is 0 Å². The van der Waals surface area contributed by atoms with Crippen LogP contribution in [0.3, 0.4) is 0 Å². The molecule has 0 N–H and O–H groups in total. The summed E-state index contributed by atoms with van der Waals surface area (Å²) in [5.74, 6) is 0. The zero-order valence-electron chi connectivity index (χ0n) is 10.4. The van der Waals surface area contributed by atoms with Gasteiger partial charge in [-0.1, -0.05) is 37.8 Å². The fourth-order valence-corrected chi connectivity index (χ4v) is 2.36. The van der Waals surface area contributed by atoms with Crippen molar-refractivity contribution in [3.8, 4) is 11.6 Å². The molecular weight excluding hydrogens is 210 g/mol. The second-order valence-electron chi connectivity index (χ2n) is 5.37. The van der Waals surface area contributed by atoms with Crippen LogP contribution in [-0.2, 0) is 6.42 Å². The molecule has 1 heterocycles. The van der Waals surface area contributed by atoms with E-state index < -0.39 is 8.07 Å². The van der Waals surface area contributed by atoms with Gasteiger partial charge in [0.25, 0.3) is 0 Å². The topological polar surface area (TPSA) is 3.24 Å². The van der Waals surface area contributed by atoms with E-state index >= 15 is 0 Å². The Bertz CT molecular complexity index is 434. The molecule has 0 saturated carbocycles. The second kappa shape index (κ2) is 4.35. The van der Waals surface area contributed by atoms with E-state index in [4.69, 9.17) is 0 Å². The van der Waals surface area contributed by atoms with Gasteiger partial charge in [0.05, 0.1) is 5.69 Å². The van der Waals surface area contributed by atoms with Crippen LogP contribution in [-0.4, -0.2) is 14.6 Å². The molecule has 16 heavy (non-hydrogen) atoms. The number of para-hydroxylation sites is 1. The minimum absolute atomic E-state index is 1.08. The molecule has 2 heteroatoms. The lowest BCUT2D eigenvalue weighted by Crippen LogP contribution is -2.26. The molecule has 1 aromatic rings. The summed E-state index contributed by atoms with van der Waals surface area (Å²) in [6, 6.07) is 12.0. The van der Waals surface area contributed by atoms with Gasteiger partial charge in [-0.05, 0) is 24.5 Å². The van der Waals surface area contributed by atoms with Gasteiger partial charge in [-0.3, -0.25) is 0 Å². The van der Waals surface area contributed by atoms with E-state index in [0.29, 0.717) is 0 Å². The van der Waals surface area contributed by atoms with Crippen LogP contribution < -0.4 is 4.90 Å². The maximum absolute atomic E-state index is 3.45. The standard InChI is InChI=1S/C14H19NSi/c1-16(2,3)12-11-15-10-6-8-13-7-4-5-9-14(13)15/h4-5,7,9H,6,8,10H2,1-3H3. The van der Waals surface area contributed by atoms with Gasteiger partial charge < -0.3 is 4.90 Å². The summed E-state index contributed by atoms with van der Waals surface area (Å²) in [6.07, 6.45) is 2.42. The average molecular weight is 229 g/mol. The molecule has 1 aliphatic heterocycles. The Morgan fingerprint density at radius 1 is 1.19 bits per heavy atom. The number of hydrogen-bond acceptors (Lipinski definition) is 1. The summed E-state index contributed by atoms with van der Waals surface area (Å²) in [5.41, 5.74) is 6.21. The maximum Gasteiger partial charge on any atom is 0.131 e. The van der Waals surface area contributed by atoms with Gasteiger partial charge in [-0.2, -0.15) is 0 Å². The quantitative estimate of drug-likeness (QED) is 0.487. The van der Waals surface area contributed by atoms with Crippen LogP contribution in [0.5, 0.6) is 0 Å². The third kappa shape index (κ3) is 2.68. The highest BCUT2D eigenvalue weighted by Crippen LogP contribution is 2.25. The minimum Gasteiger partial charge on any atom is -0.302 e. The molecular formula is C14H19NSi. The summed E-state index contributed by atoms with van der Waals surface area (Å²) in [6.45, 7) is 7.94. The van der Waals surface area contributed by atoms with Crippen LogP contribution in [0.1, 0.15) is 12.0 Å². The van der Waals surface area contributed by atoms with Crippen molar-refractivity contribution < 1.29 is 0 Å². The highest BCUT2D eigenvalue weighted by Gasteiger charge is 2.15. The zero-order valence-corrected chi connectivity index (χ0v) is 11.4. The normalized spacial score (nSPS) is 15.1. The monoisotopic (exact) mass is 229 g/mol.